The van der Waals surface area contributed by atoms with Crippen molar-refractivity contribution < 1.29 is 19.9 Å². The van der Waals surface area contributed by atoms with Crippen LogP contribution in [0.1, 0.15) is 26.3 Å². The second kappa shape index (κ2) is 6.23. The number of amides is 1. The minimum absolute atomic E-state index is 0.0230. The molecule has 0 fully saturated rings. The molecular formula is C12H18N2O4. The van der Waals surface area contributed by atoms with E-state index in [1.165, 1.54) is 6.92 Å². The zero-order valence-corrected chi connectivity index (χ0v) is 10.7. The molecule has 1 rings (SSSR count). The van der Waals surface area contributed by atoms with E-state index in [2.05, 4.69) is 5.32 Å². The van der Waals surface area contributed by atoms with Crippen molar-refractivity contribution in [1.82, 2.24) is 0 Å². The van der Waals surface area contributed by atoms with Gasteiger partial charge in [0.15, 0.2) is 0 Å². The number of carbonyl (C=O) groups is 1. The van der Waals surface area contributed by atoms with Gasteiger partial charge < -0.3 is 10.1 Å². The van der Waals surface area contributed by atoms with E-state index in [0.717, 1.165) is 0 Å². The summed E-state index contributed by atoms with van der Waals surface area (Å²) in [7, 11) is 0. The summed E-state index contributed by atoms with van der Waals surface area (Å²) in [5.74, 6) is 0.135. The molecule has 0 aliphatic carbocycles. The Hall–Kier alpha value is -1.79. The zero-order valence-electron chi connectivity index (χ0n) is 10.7. The minimum Gasteiger partial charge on any atom is -0.491 e. The summed E-state index contributed by atoms with van der Waals surface area (Å²) in [6, 6.07) is 3.26. The Bertz CT molecular complexity index is 432. The molecule has 18 heavy (non-hydrogen) atoms. The highest BCUT2D eigenvalue weighted by Gasteiger charge is 2.18. The monoisotopic (exact) mass is 254 g/mol. The first-order valence-corrected chi connectivity index (χ1v) is 5.75. The van der Waals surface area contributed by atoms with Crippen molar-refractivity contribution in [3.63, 3.8) is 0 Å². The number of anilines is 2. The average molecular weight is 254 g/mol. The summed E-state index contributed by atoms with van der Waals surface area (Å²) in [4.78, 5) is 11.1. The maximum Gasteiger partial charge on any atom is 0.221 e. The van der Waals surface area contributed by atoms with Crippen molar-refractivity contribution in [3.8, 4) is 5.75 Å². The largest absolute Gasteiger partial charge is 0.491 e. The molecule has 0 atom stereocenters. The molecule has 0 radical (unpaired) electrons. The molecule has 0 spiro atoms. The van der Waals surface area contributed by atoms with E-state index in [9.17, 15) is 15.2 Å². The number of carbonyl (C=O) groups excluding carboxylic acids is 1. The van der Waals surface area contributed by atoms with Crippen LogP contribution in [-0.2, 0) is 11.2 Å². The summed E-state index contributed by atoms with van der Waals surface area (Å²) in [6.07, 6.45) is 0.517. The van der Waals surface area contributed by atoms with Crippen molar-refractivity contribution in [2.45, 2.75) is 27.2 Å². The fraction of sp³-hybridized carbons (Fsp3) is 0.417. The van der Waals surface area contributed by atoms with Crippen LogP contribution in [0.25, 0.3) is 0 Å². The standard InChI is InChI=1S/C12H18N2O4/c1-4-9-10(13-8(3)15)6-7-11(18-5-2)12(9)14(16)17/h6-7,16-17H,4-5H2,1-3H3,(H,13,15). The quantitative estimate of drug-likeness (QED) is 0.702. The van der Waals surface area contributed by atoms with E-state index < -0.39 is 0 Å². The third-order valence-electron chi connectivity index (χ3n) is 2.41. The number of nitrogens with one attached hydrogen (secondary N) is 1. The van der Waals surface area contributed by atoms with Crippen LogP contribution in [0.2, 0.25) is 0 Å². The molecule has 1 aromatic rings. The van der Waals surface area contributed by atoms with E-state index in [0.29, 0.717) is 30.0 Å². The molecule has 3 N–H and O–H groups in total. The predicted octanol–water partition coefficient (Wildman–Crippen LogP) is 2.19. The van der Waals surface area contributed by atoms with Crippen molar-refractivity contribution >= 4 is 17.3 Å². The molecule has 6 nitrogen and oxygen atoms in total. The second-order valence-corrected chi connectivity index (χ2v) is 3.70. The summed E-state index contributed by atoms with van der Waals surface area (Å²) in [5.41, 5.74) is 1.28. The Morgan fingerprint density at radius 2 is 2.06 bits per heavy atom. The first kappa shape index (κ1) is 14.3. The number of rotatable bonds is 5. The van der Waals surface area contributed by atoms with Gasteiger partial charge >= 0.3 is 0 Å². The Labute approximate surface area is 106 Å². The fourth-order valence-electron chi connectivity index (χ4n) is 1.77. The van der Waals surface area contributed by atoms with E-state index in [-0.39, 0.29) is 16.8 Å². The average Bonchev–Trinajstić information content (AvgIpc) is 2.29. The van der Waals surface area contributed by atoms with Crippen LogP contribution in [0.3, 0.4) is 0 Å². The van der Waals surface area contributed by atoms with Gasteiger partial charge in [0.05, 0.1) is 6.61 Å². The van der Waals surface area contributed by atoms with Crippen molar-refractivity contribution in [3.05, 3.63) is 17.7 Å². The van der Waals surface area contributed by atoms with Gasteiger partial charge in [0.1, 0.15) is 11.4 Å². The summed E-state index contributed by atoms with van der Waals surface area (Å²) < 4.78 is 5.33. The van der Waals surface area contributed by atoms with Crippen LogP contribution in [0.4, 0.5) is 11.4 Å². The highest BCUT2D eigenvalue weighted by Crippen LogP contribution is 2.36. The molecule has 0 bridgehead atoms. The number of ether oxygens (including phenoxy) is 1. The number of hydrogen-bond acceptors (Lipinski definition) is 5. The summed E-state index contributed by atoms with van der Waals surface area (Å²) in [5, 5.41) is 21.3. The van der Waals surface area contributed by atoms with E-state index in [1.54, 1.807) is 19.1 Å². The lowest BCUT2D eigenvalue weighted by atomic mass is 10.1. The normalized spacial score (nSPS) is 10.1. The van der Waals surface area contributed by atoms with Gasteiger partial charge in [0, 0.05) is 18.2 Å². The Morgan fingerprint density at radius 3 is 2.50 bits per heavy atom. The van der Waals surface area contributed by atoms with Gasteiger partial charge in [-0.2, -0.15) is 0 Å². The molecule has 0 aliphatic rings. The van der Waals surface area contributed by atoms with E-state index in [1.807, 2.05) is 6.92 Å². The molecule has 0 heterocycles. The minimum atomic E-state index is -0.220. The van der Waals surface area contributed by atoms with Crippen LogP contribution in [0.15, 0.2) is 12.1 Å². The molecule has 1 aromatic carbocycles. The topological polar surface area (TPSA) is 82.0 Å². The molecule has 0 unspecified atom stereocenters. The molecule has 6 heteroatoms. The highest BCUT2D eigenvalue weighted by atomic mass is 16.8. The van der Waals surface area contributed by atoms with Crippen LogP contribution >= 0.6 is 0 Å². The third kappa shape index (κ3) is 3.12. The molecule has 0 saturated carbocycles. The molecule has 0 aromatic heterocycles. The Kier molecular flexibility index (Phi) is 4.94. The van der Waals surface area contributed by atoms with Crippen LogP contribution in [-0.4, -0.2) is 22.9 Å². The number of hydrogen-bond donors (Lipinski definition) is 3. The molecule has 0 aliphatic heterocycles. The maximum atomic E-state index is 11.1. The first-order valence-electron chi connectivity index (χ1n) is 5.75. The van der Waals surface area contributed by atoms with Gasteiger partial charge in [-0.1, -0.05) is 6.92 Å². The number of benzene rings is 1. The van der Waals surface area contributed by atoms with Crippen LogP contribution in [0.5, 0.6) is 5.75 Å². The smallest absolute Gasteiger partial charge is 0.221 e. The summed E-state index contributed by atoms with van der Waals surface area (Å²) >= 11 is 0. The van der Waals surface area contributed by atoms with Gasteiger partial charge in [-0.3, -0.25) is 15.2 Å². The Morgan fingerprint density at radius 1 is 1.39 bits per heavy atom. The van der Waals surface area contributed by atoms with Gasteiger partial charge in [-0.25, -0.2) is 0 Å². The second-order valence-electron chi connectivity index (χ2n) is 3.70. The van der Waals surface area contributed by atoms with Crippen LogP contribution < -0.4 is 15.3 Å². The lowest BCUT2D eigenvalue weighted by Crippen LogP contribution is -2.17. The lowest BCUT2D eigenvalue weighted by Gasteiger charge is -2.20. The van der Waals surface area contributed by atoms with E-state index >= 15 is 0 Å². The van der Waals surface area contributed by atoms with Gasteiger partial charge in [-0.05, 0) is 25.5 Å². The van der Waals surface area contributed by atoms with Gasteiger partial charge in [-0.15, -0.1) is 5.23 Å². The predicted molar refractivity (Wildman–Crippen MR) is 67.3 cm³/mol. The molecule has 100 valence electrons. The van der Waals surface area contributed by atoms with Gasteiger partial charge in [0.2, 0.25) is 5.91 Å². The highest BCUT2D eigenvalue weighted by molar-refractivity contribution is 5.91. The molecule has 0 saturated heterocycles. The van der Waals surface area contributed by atoms with Crippen LogP contribution in [0, 0.1) is 0 Å². The van der Waals surface area contributed by atoms with Crippen molar-refractivity contribution in [2.24, 2.45) is 0 Å². The van der Waals surface area contributed by atoms with Crippen molar-refractivity contribution in [1.29, 1.82) is 0 Å². The maximum absolute atomic E-state index is 11.1. The summed E-state index contributed by atoms with van der Waals surface area (Å²) in [6.45, 7) is 5.45. The van der Waals surface area contributed by atoms with Gasteiger partial charge in [0.25, 0.3) is 0 Å². The zero-order chi connectivity index (χ0) is 13.7. The number of nitrogens with zero attached hydrogens (tertiary/aromatic N) is 1. The molecule has 1 amide bonds. The fourth-order valence-corrected chi connectivity index (χ4v) is 1.77. The first-order chi connectivity index (χ1) is 8.51. The van der Waals surface area contributed by atoms with E-state index in [4.69, 9.17) is 4.74 Å². The molecular weight excluding hydrogens is 236 g/mol. The SMILES string of the molecule is CCOc1ccc(NC(C)=O)c(CC)c1N(O)O. The lowest BCUT2D eigenvalue weighted by molar-refractivity contribution is -0.114. The van der Waals surface area contributed by atoms with Crippen molar-refractivity contribution in [2.75, 3.05) is 17.2 Å². The Balaban J connectivity index is 3.32. The third-order valence-corrected chi connectivity index (χ3v) is 2.41.